The van der Waals surface area contributed by atoms with Gasteiger partial charge in [0.15, 0.2) is 11.5 Å². The van der Waals surface area contributed by atoms with Crippen LogP contribution in [0.15, 0.2) is 78.9 Å². The number of hydrogen-bond acceptors (Lipinski definition) is 4. The molecule has 0 aromatic heterocycles. The van der Waals surface area contributed by atoms with Crippen LogP contribution in [0.5, 0.6) is 11.5 Å². The highest BCUT2D eigenvalue weighted by Gasteiger charge is 2.08. The molecule has 0 bridgehead atoms. The molecule has 2 N–H and O–H groups in total. The van der Waals surface area contributed by atoms with Gasteiger partial charge in [0, 0.05) is 13.1 Å². The van der Waals surface area contributed by atoms with Crippen LogP contribution in [0, 0.1) is 0 Å². The summed E-state index contributed by atoms with van der Waals surface area (Å²) in [5.41, 5.74) is 3.77. The number of aliphatic hydroxyl groups is 1. The maximum atomic E-state index is 8.98. The van der Waals surface area contributed by atoms with E-state index in [1.165, 1.54) is 11.1 Å². The van der Waals surface area contributed by atoms with Crippen molar-refractivity contribution in [2.24, 2.45) is 0 Å². The van der Waals surface area contributed by atoms with Crippen LogP contribution in [-0.2, 0) is 19.4 Å². The van der Waals surface area contributed by atoms with Crippen LogP contribution >= 0.6 is 12.4 Å². The topological polar surface area (TPSA) is 50.7 Å². The summed E-state index contributed by atoms with van der Waals surface area (Å²) in [5, 5.41) is 12.2. The Morgan fingerprint density at radius 1 is 0.656 bits per heavy atom. The van der Waals surface area contributed by atoms with E-state index in [2.05, 4.69) is 53.8 Å². The van der Waals surface area contributed by atoms with Gasteiger partial charge in [0.2, 0.25) is 0 Å². The minimum Gasteiger partial charge on any atom is -0.490 e. The Kier molecular flexibility index (Phi) is 12.3. The Hall–Kier alpha value is -2.53. The minimum atomic E-state index is 0. The van der Waals surface area contributed by atoms with E-state index in [1.54, 1.807) is 0 Å². The van der Waals surface area contributed by atoms with Crippen LogP contribution in [0.25, 0.3) is 0 Å². The lowest BCUT2D eigenvalue weighted by atomic mass is 10.1. The molecule has 3 aromatic carbocycles. The first-order valence-electron chi connectivity index (χ1n) is 11.1. The highest BCUT2D eigenvalue weighted by molar-refractivity contribution is 5.85. The molecule has 4 nitrogen and oxygen atoms in total. The van der Waals surface area contributed by atoms with Crippen molar-refractivity contribution in [1.29, 1.82) is 0 Å². The molecule has 0 aliphatic rings. The summed E-state index contributed by atoms with van der Waals surface area (Å²) >= 11 is 0. The second-order valence-electron chi connectivity index (χ2n) is 7.56. The third-order valence-corrected chi connectivity index (χ3v) is 5.05. The number of hydrogen-bond donors (Lipinski definition) is 2. The van der Waals surface area contributed by atoms with Crippen LogP contribution in [0.4, 0.5) is 0 Å². The number of rotatable bonds is 14. The van der Waals surface area contributed by atoms with E-state index in [0.717, 1.165) is 42.7 Å². The molecular formula is C27H34ClNO3. The van der Waals surface area contributed by atoms with Gasteiger partial charge in [-0.1, -0.05) is 66.7 Å². The SMILES string of the molecule is Cl.OCCNCc1ccc(OCCCc2ccccc2)c(OCCCc2ccccc2)c1. The van der Waals surface area contributed by atoms with Crippen molar-refractivity contribution in [1.82, 2.24) is 5.32 Å². The zero-order chi connectivity index (χ0) is 21.6. The predicted molar refractivity (Wildman–Crippen MR) is 133 cm³/mol. The van der Waals surface area contributed by atoms with Gasteiger partial charge in [-0.15, -0.1) is 12.4 Å². The third kappa shape index (κ3) is 9.31. The van der Waals surface area contributed by atoms with Gasteiger partial charge in [0.05, 0.1) is 19.8 Å². The number of aryl methyl sites for hydroxylation is 2. The van der Waals surface area contributed by atoms with Gasteiger partial charge < -0.3 is 19.9 Å². The maximum absolute atomic E-state index is 8.98. The first kappa shape index (κ1) is 25.7. The molecule has 0 amide bonds. The fraction of sp³-hybridized carbons (Fsp3) is 0.333. The zero-order valence-corrected chi connectivity index (χ0v) is 19.4. The van der Waals surface area contributed by atoms with Crippen LogP contribution in [-0.4, -0.2) is 31.5 Å². The number of aliphatic hydroxyl groups excluding tert-OH is 1. The standard InChI is InChI=1S/C27H33NO3.ClH/c29-18-17-28-22-25-15-16-26(30-19-7-13-23-9-3-1-4-10-23)27(21-25)31-20-8-14-24-11-5-2-6-12-24;/h1-6,9-12,15-16,21,28-29H,7-8,13-14,17-20,22H2;1H. The molecule has 0 radical (unpaired) electrons. The summed E-state index contributed by atoms with van der Waals surface area (Å²) < 4.78 is 12.2. The molecule has 0 fully saturated rings. The predicted octanol–water partition coefficient (Wildman–Crippen LogP) is 5.21. The maximum Gasteiger partial charge on any atom is 0.161 e. The first-order valence-corrected chi connectivity index (χ1v) is 11.1. The largest absolute Gasteiger partial charge is 0.490 e. The molecule has 0 heterocycles. The number of halogens is 1. The zero-order valence-electron chi connectivity index (χ0n) is 18.5. The summed E-state index contributed by atoms with van der Waals surface area (Å²) in [6, 6.07) is 27.0. The van der Waals surface area contributed by atoms with Gasteiger partial charge in [0.1, 0.15) is 0 Å². The average molecular weight is 456 g/mol. The van der Waals surface area contributed by atoms with Gasteiger partial charge in [0.25, 0.3) is 0 Å². The highest BCUT2D eigenvalue weighted by atomic mass is 35.5. The van der Waals surface area contributed by atoms with Crippen molar-refractivity contribution < 1.29 is 14.6 Å². The summed E-state index contributed by atoms with van der Waals surface area (Å²) in [5.74, 6) is 1.58. The molecule has 0 atom stereocenters. The summed E-state index contributed by atoms with van der Waals surface area (Å²) in [6.45, 7) is 2.69. The van der Waals surface area contributed by atoms with Gasteiger partial charge >= 0.3 is 0 Å². The average Bonchev–Trinajstić information content (AvgIpc) is 2.82. The molecule has 0 saturated carbocycles. The molecule has 3 rings (SSSR count). The Bertz CT molecular complexity index is 875. The minimum absolute atomic E-state index is 0. The lowest BCUT2D eigenvalue weighted by molar-refractivity contribution is 0.263. The molecular weight excluding hydrogens is 422 g/mol. The van der Waals surface area contributed by atoms with Crippen LogP contribution in [0.3, 0.4) is 0 Å². The van der Waals surface area contributed by atoms with Crippen molar-refractivity contribution in [2.45, 2.75) is 32.2 Å². The number of nitrogens with one attached hydrogen (secondary N) is 1. The Balaban J connectivity index is 0.00000363. The monoisotopic (exact) mass is 455 g/mol. The van der Waals surface area contributed by atoms with Crippen molar-refractivity contribution in [3.63, 3.8) is 0 Å². The van der Waals surface area contributed by atoms with Crippen molar-refractivity contribution >= 4 is 12.4 Å². The van der Waals surface area contributed by atoms with Crippen LogP contribution in [0.1, 0.15) is 29.5 Å². The van der Waals surface area contributed by atoms with E-state index in [9.17, 15) is 0 Å². The molecule has 0 aliphatic heterocycles. The molecule has 0 spiro atoms. The lowest BCUT2D eigenvalue weighted by Crippen LogP contribution is -2.17. The third-order valence-electron chi connectivity index (χ3n) is 5.05. The van der Waals surface area contributed by atoms with E-state index >= 15 is 0 Å². The van der Waals surface area contributed by atoms with Crippen molar-refractivity contribution in [2.75, 3.05) is 26.4 Å². The Morgan fingerprint density at radius 3 is 1.78 bits per heavy atom. The fourth-order valence-electron chi connectivity index (χ4n) is 3.41. The molecule has 172 valence electrons. The van der Waals surface area contributed by atoms with Crippen molar-refractivity contribution in [3.8, 4) is 11.5 Å². The highest BCUT2D eigenvalue weighted by Crippen LogP contribution is 2.29. The van der Waals surface area contributed by atoms with Gasteiger partial charge in [-0.3, -0.25) is 0 Å². The fourth-order valence-corrected chi connectivity index (χ4v) is 3.41. The van der Waals surface area contributed by atoms with Crippen LogP contribution < -0.4 is 14.8 Å². The van der Waals surface area contributed by atoms with E-state index in [0.29, 0.717) is 26.3 Å². The van der Waals surface area contributed by atoms with Gasteiger partial charge in [-0.25, -0.2) is 0 Å². The molecule has 5 heteroatoms. The second-order valence-corrected chi connectivity index (χ2v) is 7.56. The summed E-state index contributed by atoms with van der Waals surface area (Å²) in [6.07, 6.45) is 3.89. The normalized spacial score (nSPS) is 10.4. The second kappa shape index (κ2) is 15.3. The van der Waals surface area contributed by atoms with Crippen LogP contribution in [0.2, 0.25) is 0 Å². The van der Waals surface area contributed by atoms with E-state index in [4.69, 9.17) is 14.6 Å². The van der Waals surface area contributed by atoms with Gasteiger partial charge in [-0.2, -0.15) is 0 Å². The number of benzene rings is 3. The molecule has 0 aliphatic carbocycles. The summed E-state index contributed by atoms with van der Waals surface area (Å²) in [7, 11) is 0. The van der Waals surface area contributed by atoms with E-state index in [-0.39, 0.29) is 19.0 Å². The van der Waals surface area contributed by atoms with E-state index in [1.807, 2.05) is 30.3 Å². The Morgan fingerprint density at radius 2 is 1.22 bits per heavy atom. The molecule has 0 saturated heterocycles. The Labute approximate surface area is 198 Å². The molecule has 3 aromatic rings. The van der Waals surface area contributed by atoms with Crippen molar-refractivity contribution in [3.05, 3.63) is 95.6 Å². The number of ether oxygens (including phenoxy) is 2. The molecule has 0 unspecified atom stereocenters. The van der Waals surface area contributed by atoms with Gasteiger partial charge in [-0.05, 0) is 54.5 Å². The van der Waals surface area contributed by atoms with E-state index < -0.39 is 0 Å². The lowest BCUT2D eigenvalue weighted by Gasteiger charge is -2.15. The quantitative estimate of drug-likeness (QED) is 0.327. The summed E-state index contributed by atoms with van der Waals surface area (Å²) in [4.78, 5) is 0. The smallest absolute Gasteiger partial charge is 0.161 e. The first-order chi connectivity index (χ1) is 15.3. The molecule has 32 heavy (non-hydrogen) atoms.